The number of azo groups is 1. The van der Waals surface area contributed by atoms with Crippen molar-refractivity contribution in [2.75, 3.05) is 5.73 Å². The molecule has 0 saturated carbocycles. The lowest BCUT2D eigenvalue weighted by atomic mass is 10.1. The van der Waals surface area contributed by atoms with Gasteiger partial charge in [0.1, 0.15) is 5.69 Å². The van der Waals surface area contributed by atoms with Crippen LogP contribution in [-0.4, -0.2) is 29.5 Å². The van der Waals surface area contributed by atoms with Crippen LogP contribution < -0.4 is 5.73 Å². The van der Waals surface area contributed by atoms with E-state index < -0.39 is 0 Å². The molecule has 0 bridgehead atoms. The van der Waals surface area contributed by atoms with Gasteiger partial charge in [-0.2, -0.15) is 14.9 Å². The molecule has 4 heterocycles. The Labute approximate surface area is 188 Å². The second-order valence-corrected chi connectivity index (χ2v) is 6.81. The highest BCUT2D eigenvalue weighted by Crippen LogP contribution is 2.38. The lowest BCUT2D eigenvalue weighted by Gasteiger charge is -2.03. The summed E-state index contributed by atoms with van der Waals surface area (Å²) in [5.74, 6) is 1.58. The van der Waals surface area contributed by atoms with Crippen LogP contribution in [0.5, 0.6) is 0 Å². The van der Waals surface area contributed by atoms with E-state index in [1.165, 1.54) is 15.6 Å². The molecule has 2 N–H and O–H groups in total. The summed E-state index contributed by atoms with van der Waals surface area (Å²) >= 11 is 0. The molecule has 0 aliphatic carbocycles. The van der Waals surface area contributed by atoms with Crippen molar-refractivity contribution in [3.63, 3.8) is 0 Å². The first-order valence-electron chi connectivity index (χ1n) is 9.90. The van der Waals surface area contributed by atoms with Gasteiger partial charge in [0.2, 0.25) is 0 Å². The van der Waals surface area contributed by atoms with Crippen molar-refractivity contribution in [1.29, 1.82) is 0 Å². The van der Waals surface area contributed by atoms with Crippen LogP contribution in [0.15, 0.2) is 95.5 Å². The van der Waals surface area contributed by atoms with E-state index >= 15 is 0 Å². The average molecular weight is 432 g/mol. The van der Waals surface area contributed by atoms with Crippen molar-refractivity contribution < 1.29 is 0 Å². The molecule has 0 radical (unpaired) electrons. The number of nitrogen functional groups attached to an aromatic ring is 1. The van der Waals surface area contributed by atoms with E-state index in [4.69, 9.17) is 12.3 Å². The first-order chi connectivity index (χ1) is 16.3. The van der Waals surface area contributed by atoms with Gasteiger partial charge in [-0.3, -0.25) is 0 Å². The van der Waals surface area contributed by atoms with Crippen LogP contribution in [0, 0.1) is 6.57 Å². The largest absolute Gasteiger partial charge is 0.382 e. The number of hydrogen-bond acceptors (Lipinski definition) is 7. The van der Waals surface area contributed by atoms with E-state index in [-0.39, 0.29) is 17.3 Å². The third-order valence-electron chi connectivity index (χ3n) is 4.77. The Morgan fingerprint density at radius 2 is 1.48 bits per heavy atom. The molecule has 5 rings (SSSR count). The van der Waals surface area contributed by atoms with E-state index in [2.05, 4.69) is 35.2 Å². The summed E-state index contributed by atoms with van der Waals surface area (Å²) < 4.78 is 2.97. The molecular formula is C23H16N10. The molecule has 0 aliphatic rings. The Hall–Kier alpha value is -5.17. The van der Waals surface area contributed by atoms with E-state index in [1.807, 2.05) is 48.5 Å². The van der Waals surface area contributed by atoms with E-state index in [0.717, 1.165) is 5.56 Å². The number of nitrogens with zero attached hydrogens (tertiary/aromatic N) is 9. The van der Waals surface area contributed by atoms with Crippen LogP contribution in [0.4, 0.5) is 23.0 Å². The van der Waals surface area contributed by atoms with Crippen molar-refractivity contribution in [3.05, 3.63) is 96.7 Å². The summed E-state index contributed by atoms with van der Waals surface area (Å²) in [6, 6.07) is 20.4. The predicted molar refractivity (Wildman–Crippen MR) is 123 cm³/mol. The zero-order valence-electron chi connectivity index (χ0n) is 17.2. The second kappa shape index (κ2) is 8.52. The lowest BCUT2D eigenvalue weighted by molar-refractivity contribution is 0.840. The molecule has 1 aromatic carbocycles. The van der Waals surface area contributed by atoms with Gasteiger partial charge in [-0.1, -0.05) is 42.5 Å². The van der Waals surface area contributed by atoms with Gasteiger partial charge in [0.15, 0.2) is 29.0 Å². The molecule has 0 amide bonds. The standard InChI is InChI=1S/C23H16N10/c1-25-17-15-28-33(19-12-6-8-14-27-19)23(17)30-29-21-20(16-9-3-2-4-10-16)31-32(22(21)24)18-11-5-7-13-26-18/h2-15H,24H2. The number of rotatable bonds is 5. The molecular weight excluding hydrogens is 416 g/mol. The minimum absolute atomic E-state index is 0.237. The minimum atomic E-state index is 0.237. The lowest BCUT2D eigenvalue weighted by Crippen LogP contribution is -2.03. The van der Waals surface area contributed by atoms with E-state index in [1.54, 1.807) is 30.6 Å². The summed E-state index contributed by atoms with van der Waals surface area (Å²) in [4.78, 5) is 12.1. The molecule has 158 valence electrons. The number of anilines is 1. The molecule has 0 unspecified atom stereocenters. The molecule has 0 aliphatic heterocycles. The Balaban J connectivity index is 1.66. The monoisotopic (exact) mass is 432 g/mol. The van der Waals surface area contributed by atoms with Crippen LogP contribution in [0.3, 0.4) is 0 Å². The molecule has 4 aromatic heterocycles. The summed E-state index contributed by atoms with van der Waals surface area (Å²) in [6.07, 6.45) is 4.72. The van der Waals surface area contributed by atoms with Crippen molar-refractivity contribution >= 4 is 23.0 Å². The number of benzene rings is 1. The van der Waals surface area contributed by atoms with Gasteiger partial charge >= 0.3 is 0 Å². The Morgan fingerprint density at radius 1 is 0.818 bits per heavy atom. The highest BCUT2D eigenvalue weighted by Gasteiger charge is 2.20. The summed E-state index contributed by atoms with van der Waals surface area (Å²) in [5.41, 5.74) is 8.39. The smallest absolute Gasteiger partial charge is 0.252 e. The highest BCUT2D eigenvalue weighted by atomic mass is 15.4. The van der Waals surface area contributed by atoms with Crippen molar-refractivity contribution in [3.8, 4) is 22.9 Å². The number of aromatic nitrogens is 6. The molecule has 0 fully saturated rings. The van der Waals surface area contributed by atoms with Gasteiger partial charge in [-0.05, 0) is 24.3 Å². The normalized spacial score (nSPS) is 11.0. The van der Waals surface area contributed by atoms with Crippen LogP contribution in [0.25, 0.3) is 27.7 Å². The molecule has 10 heteroatoms. The Morgan fingerprint density at radius 3 is 2.12 bits per heavy atom. The zero-order valence-corrected chi connectivity index (χ0v) is 17.2. The highest BCUT2D eigenvalue weighted by molar-refractivity contribution is 5.80. The predicted octanol–water partition coefficient (Wildman–Crippen LogP) is 5.06. The number of nitrogens with two attached hydrogens (primary N) is 1. The molecule has 33 heavy (non-hydrogen) atoms. The van der Waals surface area contributed by atoms with Gasteiger partial charge in [0.25, 0.3) is 5.69 Å². The van der Waals surface area contributed by atoms with Gasteiger partial charge in [0.05, 0.1) is 12.8 Å². The average Bonchev–Trinajstić information content (AvgIpc) is 3.44. The molecule has 0 spiro atoms. The quantitative estimate of drug-likeness (QED) is 0.308. The first-order valence-corrected chi connectivity index (χ1v) is 9.90. The maximum Gasteiger partial charge on any atom is 0.252 e. The molecule has 5 aromatic rings. The number of hydrogen-bond donors (Lipinski definition) is 1. The fraction of sp³-hybridized carbons (Fsp3) is 0. The van der Waals surface area contributed by atoms with Crippen molar-refractivity contribution in [2.45, 2.75) is 0 Å². The Kier molecular flexibility index (Phi) is 5.11. The van der Waals surface area contributed by atoms with Crippen LogP contribution in [0.1, 0.15) is 0 Å². The van der Waals surface area contributed by atoms with E-state index in [9.17, 15) is 0 Å². The topological polar surface area (TPSA) is 117 Å². The summed E-state index contributed by atoms with van der Waals surface area (Å²) in [7, 11) is 0. The van der Waals surface area contributed by atoms with E-state index in [0.29, 0.717) is 23.0 Å². The van der Waals surface area contributed by atoms with Crippen molar-refractivity contribution in [1.82, 2.24) is 29.5 Å². The Bertz CT molecular complexity index is 1460. The van der Waals surface area contributed by atoms with Crippen LogP contribution in [0.2, 0.25) is 0 Å². The van der Waals surface area contributed by atoms with Crippen LogP contribution in [-0.2, 0) is 0 Å². The zero-order chi connectivity index (χ0) is 22.6. The van der Waals surface area contributed by atoms with Gasteiger partial charge in [-0.15, -0.1) is 10.2 Å². The fourth-order valence-electron chi connectivity index (χ4n) is 3.22. The van der Waals surface area contributed by atoms with Crippen LogP contribution >= 0.6 is 0 Å². The third kappa shape index (κ3) is 3.70. The SMILES string of the molecule is [C-]#[N+]c1cnn(-c2ccccn2)c1N=Nc1c(-c2ccccc2)nn(-c2ccccn2)c1N. The van der Waals surface area contributed by atoms with Crippen molar-refractivity contribution in [2.24, 2.45) is 10.2 Å². The van der Waals surface area contributed by atoms with Gasteiger partial charge in [0, 0.05) is 18.0 Å². The summed E-state index contributed by atoms with van der Waals surface area (Å²) in [5, 5.41) is 17.7. The number of pyridine rings is 2. The molecule has 0 atom stereocenters. The molecule has 10 nitrogen and oxygen atoms in total. The van der Waals surface area contributed by atoms with Gasteiger partial charge in [-0.25, -0.2) is 19.5 Å². The maximum absolute atomic E-state index is 7.48. The van der Waals surface area contributed by atoms with Gasteiger partial charge < -0.3 is 5.73 Å². The maximum atomic E-state index is 7.48. The minimum Gasteiger partial charge on any atom is -0.382 e. The molecule has 0 saturated heterocycles. The second-order valence-electron chi connectivity index (χ2n) is 6.81. The fourth-order valence-corrected chi connectivity index (χ4v) is 3.22. The first kappa shape index (κ1) is 19.8. The summed E-state index contributed by atoms with van der Waals surface area (Å²) in [6.45, 7) is 7.48. The third-order valence-corrected chi connectivity index (χ3v) is 4.77.